The highest BCUT2D eigenvalue weighted by molar-refractivity contribution is 5.30. The Labute approximate surface area is 90.5 Å². The molecule has 0 spiro atoms. The topological polar surface area (TPSA) is 26.0 Å². The molecule has 15 heavy (non-hydrogen) atoms. The molecule has 0 aliphatic heterocycles. The first-order chi connectivity index (χ1) is 7.23. The van der Waals surface area contributed by atoms with Gasteiger partial charge in [-0.1, -0.05) is 24.3 Å². The molecule has 0 bridgehead atoms. The SMILES string of the molecule is NCCCc1ccccc1CC1(F)CC1. The Morgan fingerprint density at radius 1 is 1.20 bits per heavy atom. The fourth-order valence-corrected chi connectivity index (χ4v) is 1.92. The van der Waals surface area contributed by atoms with Crippen LogP contribution in [0.25, 0.3) is 0 Å². The van der Waals surface area contributed by atoms with Crippen LogP contribution >= 0.6 is 0 Å². The second kappa shape index (κ2) is 4.31. The standard InChI is InChI=1S/C13H18FN/c14-13(7-8-13)10-12-5-2-1-4-11(12)6-3-9-15/h1-2,4-5H,3,6-10,15H2. The predicted molar refractivity (Wildman–Crippen MR) is 60.6 cm³/mol. The fraction of sp³-hybridized carbons (Fsp3) is 0.538. The third-order valence-electron chi connectivity index (χ3n) is 3.07. The van der Waals surface area contributed by atoms with Gasteiger partial charge in [0.05, 0.1) is 0 Å². The lowest BCUT2D eigenvalue weighted by Crippen LogP contribution is -2.08. The number of aryl methyl sites for hydroxylation is 1. The molecule has 1 aliphatic rings. The van der Waals surface area contributed by atoms with Gasteiger partial charge < -0.3 is 5.73 Å². The molecule has 2 rings (SSSR count). The van der Waals surface area contributed by atoms with Crippen LogP contribution in [0.15, 0.2) is 24.3 Å². The van der Waals surface area contributed by atoms with Crippen LogP contribution in [0.3, 0.4) is 0 Å². The zero-order valence-electron chi connectivity index (χ0n) is 9.01. The molecule has 1 aromatic rings. The largest absolute Gasteiger partial charge is 0.330 e. The van der Waals surface area contributed by atoms with Crippen molar-refractivity contribution in [3.05, 3.63) is 35.4 Å². The van der Waals surface area contributed by atoms with Crippen molar-refractivity contribution < 1.29 is 4.39 Å². The summed E-state index contributed by atoms with van der Waals surface area (Å²) in [4.78, 5) is 0. The van der Waals surface area contributed by atoms with Crippen molar-refractivity contribution in [1.29, 1.82) is 0 Å². The first kappa shape index (κ1) is 10.6. The molecule has 1 nitrogen and oxygen atoms in total. The van der Waals surface area contributed by atoms with Gasteiger partial charge in [0.25, 0.3) is 0 Å². The highest BCUT2D eigenvalue weighted by Gasteiger charge is 2.43. The molecule has 1 fully saturated rings. The minimum absolute atomic E-state index is 0.591. The van der Waals surface area contributed by atoms with E-state index in [0.29, 0.717) is 13.0 Å². The van der Waals surface area contributed by atoms with Crippen molar-refractivity contribution in [2.24, 2.45) is 5.73 Å². The quantitative estimate of drug-likeness (QED) is 0.789. The van der Waals surface area contributed by atoms with Gasteiger partial charge in [0, 0.05) is 6.42 Å². The van der Waals surface area contributed by atoms with Gasteiger partial charge in [0.1, 0.15) is 5.67 Å². The van der Waals surface area contributed by atoms with Crippen LogP contribution in [0.2, 0.25) is 0 Å². The van der Waals surface area contributed by atoms with Gasteiger partial charge in [-0.15, -0.1) is 0 Å². The number of halogens is 1. The summed E-state index contributed by atoms with van der Waals surface area (Å²) in [6.45, 7) is 0.703. The van der Waals surface area contributed by atoms with Gasteiger partial charge in [0.2, 0.25) is 0 Å². The summed E-state index contributed by atoms with van der Waals surface area (Å²) in [5.41, 5.74) is 7.04. The van der Waals surface area contributed by atoms with Crippen molar-refractivity contribution >= 4 is 0 Å². The molecular formula is C13H18FN. The predicted octanol–water partition coefficient (Wildman–Crippen LogP) is 2.62. The highest BCUT2D eigenvalue weighted by Crippen LogP contribution is 2.43. The van der Waals surface area contributed by atoms with E-state index >= 15 is 0 Å². The molecule has 1 aliphatic carbocycles. The van der Waals surface area contributed by atoms with Crippen LogP contribution in [0.1, 0.15) is 30.4 Å². The number of rotatable bonds is 5. The van der Waals surface area contributed by atoms with Gasteiger partial charge in [-0.2, -0.15) is 0 Å². The summed E-state index contributed by atoms with van der Waals surface area (Å²) in [6, 6.07) is 8.16. The maximum absolute atomic E-state index is 13.7. The zero-order chi connectivity index (χ0) is 10.7. The maximum Gasteiger partial charge on any atom is 0.115 e. The van der Waals surface area contributed by atoms with Crippen LogP contribution in [0.4, 0.5) is 4.39 Å². The lowest BCUT2D eigenvalue weighted by Gasteiger charge is -2.10. The summed E-state index contributed by atoms with van der Waals surface area (Å²) < 4.78 is 13.7. The minimum Gasteiger partial charge on any atom is -0.330 e. The lowest BCUT2D eigenvalue weighted by atomic mass is 9.98. The van der Waals surface area contributed by atoms with E-state index in [4.69, 9.17) is 5.73 Å². The van der Waals surface area contributed by atoms with Crippen molar-refractivity contribution in [3.63, 3.8) is 0 Å². The van der Waals surface area contributed by atoms with Crippen molar-refractivity contribution in [3.8, 4) is 0 Å². The number of hydrogen-bond donors (Lipinski definition) is 1. The average Bonchev–Trinajstić information content (AvgIpc) is 2.95. The van der Waals surface area contributed by atoms with E-state index in [2.05, 4.69) is 6.07 Å². The molecule has 0 unspecified atom stereocenters. The lowest BCUT2D eigenvalue weighted by molar-refractivity contribution is 0.307. The molecule has 1 aromatic carbocycles. The minimum atomic E-state index is -0.890. The maximum atomic E-state index is 13.7. The second-order valence-electron chi connectivity index (χ2n) is 4.49. The van der Waals surface area contributed by atoms with E-state index in [9.17, 15) is 4.39 Å². The van der Waals surface area contributed by atoms with Crippen molar-refractivity contribution in [2.75, 3.05) is 6.54 Å². The average molecular weight is 207 g/mol. The van der Waals surface area contributed by atoms with Crippen molar-refractivity contribution in [1.82, 2.24) is 0 Å². The summed E-state index contributed by atoms with van der Waals surface area (Å²) >= 11 is 0. The van der Waals surface area contributed by atoms with Gasteiger partial charge in [-0.05, 0) is 43.4 Å². The smallest absolute Gasteiger partial charge is 0.115 e. The number of benzene rings is 1. The van der Waals surface area contributed by atoms with E-state index in [0.717, 1.165) is 25.7 Å². The Kier molecular flexibility index (Phi) is 3.06. The Morgan fingerprint density at radius 2 is 1.87 bits per heavy atom. The molecule has 0 saturated heterocycles. The Balaban J connectivity index is 2.07. The van der Waals surface area contributed by atoms with Gasteiger partial charge in [-0.3, -0.25) is 0 Å². The molecule has 0 heterocycles. The first-order valence-electron chi connectivity index (χ1n) is 5.69. The molecule has 82 valence electrons. The van der Waals surface area contributed by atoms with Crippen LogP contribution in [-0.2, 0) is 12.8 Å². The summed E-state index contributed by atoms with van der Waals surface area (Å²) in [6.07, 6.45) is 4.02. The highest BCUT2D eigenvalue weighted by atomic mass is 19.1. The monoisotopic (exact) mass is 207 g/mol. The summed E-state index contributed by atoms with van der Waals surface area (Å²) in [5.74, 6) is 0. The van der Waals surface area contributed by atoms with Gasteiger partial charge in [-0.25, -0.2) is 4.39 Å². The zero-order valence-corrected chi connectivity index (χ0v) is 9.01. The Bertz CT molecular complexity index is 331. The third kappa shape index (κ3) is 2.78. The molecule has 2 N–H and O–H groups in total. The summed E-state index contributed by atoms with van der Waals surface area (Å²) in [5, 5.41) is 0. The van der Waals surface area contributed by atoms with Crippen LogP contribution in [0, 0.1) is 0 Å². The molecule has 0 atom stereocenters. The first-order valence-corrected chi connectivity index (χ1v) is 5.69. The van der Waals surface area contributed by atoms with Crippen molar-refractivity contribution in [2.45, 2.75) is 37.8 Å². The molecule has 0 radical (unpaired) electrons. The molecule has 1 saturated carbocycles. The molecule has 0 aromatic heterocycles. The molecular weight excluding hydrogens is 189 g/mol. The van der Waals surface area contributed by atoms with E-state index < -0.39 is 5.67 Å². The fourth-order valence-electron chi connectivity index (χ4n) is 1.92. The number of alkyl halides is 1. The van der Waals surface area contributed by atoms with Gasteiger partial charge in [0.15, 0.2) is 0 Å². The Hall–Kier alpha value is -0.890. The summed E-state index contributed by atoms with van der Waals surface area (Å²) in [7, 11) is 0. The Morgan fingerprint density at radius 3 is 2.47 bits per heavy atom. The third-order valence-corrected chi connectivity index (χ3v) is 3.07. The van der Waals surface area contributed by atoms with E-state index in [-0.39, 0.29) is 0 Å². The van der Waals surface area contributed by atoms with Crippen LogP contribution in [0.5, 0.6) is 0 Å². The normalized spacial score (nSPS) is 17.7. The van der Waals surface area contributed by atoms with Crippen LogP contribution in [-0.4, -0.2) is 12.2 Å². The second-order valence-corrected chi connectivity index (χ2v) is 4.49. The van der Waals surface area contributed by atoms with Gasteiger partial charge >= 0.3 is 0 Å². The van der Waals surface area contributed by atoms with E-state index in [1.54, 1.807) is 0 Å². The number of nitrogens with two attached hydrogens (primary N) is 1. The van der Waals surface area contributed by atoms with Crippen LogP contribution < -0.4 is 5.73 Å². The number of hydrogen-bond acceptors (Lipinski definition) is 1. The molecule has 2 heteroatoms. The van der Waals surface area contributed by atoms with E-state index in [1.165, 1.54) is 11.1 Å². The molecule has 0 amide bonds. The van der Waals surface area contributed by atoms with E-state index in [1.807, 2.05) is 18.2 Å².